The number of imidazole rings is 1. The topological polar surface area (TPSA) is 99.3 Å². The van der Waals surface area contributed by atoms with Crippen LogP contribution in [0.2, 0.25) is 5.02 Å². The molecule has 10 nitrogen and oxygen atoms in total. The maximum absolute atomic E-state index is 15.1. The fraction of sp³-hybridized carbons (Fsp3) is 0.303. The van der Waals surface area contributed by atoms with Gasteiger partial charge in [-0.25, -0.2) is 14.2 Å². The van der Waals surface area contributed by atoms with E-state index in [0.29, 0.717) is 64.8 Å². The number of piperazine rings is 1. The van der Waals surface area contributed by atoms with E-state index in [0.717, 1.165) is 11.9 Å². The summed E-state index contributed by atoms with van der Waals surface area (Å²) in [6.07, 6.45) is 0.930. The Morgan fingerprint density at radius 3 is 2.74 bits per heavy atom. The van der Waals surface area contributed by atoms with Gasteiger partial charge in [-0.2, -0.15) is 4.39 Å². The van der Waals surface area contributed by atoms with Crippen molar-refractivity contribution in [2.24, 2.45) is 0 Å². The summed E-state index contributed by atoms with van der Waals surface area (Å²) in [5, 5.41) is 0.723. The molecule has 2 aromatic heterocycles. The first kappa shape index (κ1) is 30.0. The summed E-state index contributed by atoms with van der Waals surface area (Å²) in [7, 11) is 1.33. The van der Waals surface area contributed by atoms with Gasteiger partial charge in [-0.1, -0.05) is 23.7 Å². The number of carbonyl (C=O) groups excluding carboxylic acids is 2. The van der Waals surface area contributed by atoms with Crippen LogP contribution in [-0.4, -0.2) is 65.8 Å². The summed E-state index contributed by atoms with van der Waals surface area (Å²) in [5.41, 5.74) is 3.01. The lowest BCUT2D eigenvalue weighted by molar-refractivity contribution is -0.131. The second-order valence-electron chi connectivity index (χ2n) is 11.2. The molecule has 3 aromatic carbocycles. The molecule has 4 heterocycles. The number of fused-ring (bicyclic) bond motifs is 2. The number of rotatable bonds is 9. The van der Waals surface area contributed by atoms with Crippen LogP contribution in [0.15, 0.2) is 59.0 Å². The zero-order valence-corrected chi connectivity index (χ0v) is 25.6. The number of ether oxygens (including phenoxy) is 3. The van der Waals surface area contributed by atoms with Crippen LogP contribution in [0.3, 0.4) is 0 Å². The molecule has 0 spiro atoms. The number of hydrogen-bond donors (Lipinski definition) is 0. The zero-order chi connectivity index (χ0) is 31.9. The predicted molar refractivity (Wildman–Crippen MR) is 165 cm³/mol. The normalized spacial score (nSPS) is 16.7. The molecule has 238 valence electrons. The van der Waals surface area contributed by atoms with Crippen LogP contribution in [0, 0.1) is 11.8 Å². The van der Waals surface area contributed by atoms with Crippen molar-refractivity contribution in [3.63, 3.8) is 0 Å². The van der Waals surface area contributed by atoms with Crippen LogP contribution in [0.5, 0.6) is 5.75 Å². The monoisotopic (exact) mass is 650 g/mol. The molecule has 5 aromatic rings. The first-order valence-electron chi connectivity index (χ1n) is 14.8. The Labute approximate surface area is 267 Å². The van der Waals surface area contributed by atoms with E-state index >= 15 is 4.39 Å². The number of para-hydroxylation sites is 1. The molecule has 7 rings (SSSR count). The summed E-state index contributed by atoms with van der Waals surface area (Å²) < 4.78 is 52.7. The molecule has 0 saturated carbocycles. The lowest BCUT2D eigenvalue weighted by atomic mass is 10.1. The molecule has 1 atom stereocenters. The highest BCUT2D eigenvalue weighted by molar-refractivity contribution is 6.35. The van der Waals surface area contributed by atoms with E-state index < -0.39 is 17.8 Å². The van der Waals surface area contributed by atoms with E-state index in [1.807, 2.05) is 4.57 Å². The van der Waals surface area contributed by atoms with Crippen LogP contribution >= 0.6 is 11.6 Å². The summed E-state index contributed by atoms with van der Waals surface area (Å²) >= 11 is 6.17. The van der Waals surface area contributed by atoms with Gasteiger partial charge in [-0.15, -0.1) is 0 Å². The number of amides is 1. The molecule has 0 unspecified atom stereocenters. The third-order valence-corrected chi connectivity index (χ3v) is 8.75. The van der Waals surface area contributed by atoms with Gasteiger partial charge in [0.15, 0.2) is 11.6 Å². The van der Waals surface area contributed by atoms with Gasteiger partial charge in [0.1, 0.15) is 18.0 Å². The van der Waals surface area contributed by atoms with Crippen molar-refractivity contribution >= 4 is 51.2 Å². The Kier molecular flexibility index (Phi) is 7.99. The molecule has 0 aliphatic carbocycles. The van der Waals surface area contributed by atoms with E-state index in [2.05, 4.69) is 0 Å². The lowest BCUT2D eigenvalue weighted by Gasteiger charge is -2.36. The molecule has 46 heavy (non-hydrogen) atoms. The number of anilines is 1. The van der Waals surface area contributed by atoms with E-state index in [1.54, 1.807) is 52.3 Å². The van der Waals surface area contributed by atoms with Gasteiger partial charge >= 0.3 is 5.97 Å². The summed E-state index contributed by atoms with van der Waals surface area (Å²) in [6.45, 7) is 2.14. The zero-order valence-electron chi connectivity index (χ0n) is 24.8. The van der Waals surface area contributed by atoms with Crippen LogP contribution in [0.25, 0.3) is 22.0 Å². The van der Waals surface area contributed by atoms with Crippen LogP contribution in [0.1, 0.15) is 28.2 Å². The maximum atomic E-state index is 15.1. The van der Waals surface area contributed by atoms with E-state index in [-0.39, 0.29) is 43.0 Å². The van der Waals surface area contributed by atoms with Crippen molar-refractivity contribution in [3.8, 4) is 5.75 Å². The number of hydrogen-bond acceptors (Lipinski definition) is 8. The van der Waals surface area contributed by atoms with Crippen molar-refractivity contribution in [2.45, 2.75) is 32.2 Å². The second-order valence-corrected chi connectivity index (χ2v) is 11.6. The highest BCUT2D eigenvalue weighted by Gasteiger charge is 2.30. The Hall–Kier alpha value is -4.68. The van der Waals surface area contributed by atoms with Gasteiger partial charge < -0.3 is 33.0 Å². The second kappa shape index (κ2) is 12.3. The first-order chi connectivity index (χ1) is 22.3. The maximum Gasteiger partial charge on any atom is 0.337 e. The fourth-order valence-electron chi connectivity index (χ4n) is 5.90. The van der Waals surface area contributed by atoms with Gasteiger partial charge in [0, 0.05) is 36.7 Å². The average molecular weight is 651 g/mol. The largest absolute Gasteiger partial charge is 0.483 e. The Bertz CT molecular complexity index is 1970. The minimum absolute atomic E-state index is 0.00709. The molecule has 1 amide bonds. The highest BCUT2D eigenvalue weighted by Crippen LogP contribution is 2.35. The van der Waals surface area contributed by atoms with Crippen LogP contribution < -0.4 is 9.64 Å². The van der Waals surface area contributed by atoms with Gasteiger partial charge in [-0.3, -0.25) is 4.79 Å². The third-order valence-electron chi connectivity index (χ3n) is 8.42. The SMILES string of the molecule is COC(=O)c1ccc2nc(CN3CCN(c4cccc(F)c4OCc4ccc(Cl)c5cc(F)oc45)CC3=O)n(C[C@@H]3CCO3)c2c1. The number of aromatic nitrogens is 2. The number of methoxy groups -OCH3 is 1. The number of carbonyl (C=O) groups is 2. The molecule has 0 bridgehead atoms. The molecule has 13 heteroatoms. The van der Waals surface area contributed by atoms with E-state index in [9.17, 15) is 14.0 Å². The molecular formula is C33H29ClF2N4O6. The minimum atomic E-state index is -0.787. The number of furan rings is 1. The number of esters is 1. The Balaban J connectivity index is 1.09. The van der Waals surface area contributed by atoms with Crippen molar-refractivity contribution in [1.82, 2.24) is 14.5 Å². The van der Waals surface area contributed by atoms with Crippen molar-refractivity contribution in [2.75, 3.05) is 38.3 Å². The van der Waals surface area contributed by atoms with Gasteiger partial charge in [0.05, 0.1) is 60.2 Å². The molecule has 0 radical (unpaired) electrons. The Morgan fingerprint density at radius 2 is 1.98 bits per heavy atom. The van der Waals surface area contributed by atoms with Crippen molar-refractivity contribution < 1.29 is 37.0 Å². The summed E-state index contributed by atoms with van der Waals surface area (Å²) in [5.74, 6) is -0.558. The molecule has 2 aliphatic rings. The molecule has 2 fully saturated rings. The van der Waals surface area contributed by atoms with Gasteiger partial charge in [-0.05, 0) is 42.8 Å². The minimum Gasteiger partial charge on any atom is -0.483 e. The molecule has 2 aliphatic heterocycles. The summed E-state index contributed by atoms with van der Waals surface area (Å²) in [4.78, 5) is 34.0. The average Bonchev–Trinajstić information content (AvgIpc) is 3.59. The lowest BCUT2D eigenvalue weighted by Crippen LogP contribution is -2.50. The molecule has 2 saturated heterocycles. The number of halogens is 3. The number of nitrogens with zero attached hydrogens (tertiary/aromatic N) is 4. The quantitative estimate of drug-likeness (QED) is 0.187. The highest BCUT2D eigenvalue weighted by atomic mass is 35.5. The molecule has 0 N–H and O–H groups in total. The van der Waals surface area contributed by atoms with E-state index in [4.69, 9.17) is 35.2 Å². The standard InChI is InChI=1S/C33H29ClF2N4O6/c1-43-33(42)19-6-8-25-27(13-19)40(15-21-9-12-44-21)29(37-25)16-39-11-10-38(17-30(39)41)26-4-2-3-24(35)32(26)45-18-20-5-7-23(34)22-14-28(36)46-31(20)22/h2-8,13-14,21H,9-12,15-18H2,1H3/t21-/m0/s1. The summed E-state index contributed by atoms with van der Waals surface area (Å²) in [6, 6.07) is 13.4. The third kappa shape index (κ3) is 5.62. The fourth-order valence-corrected chi connectivity index (χ4v) is 6.10. The first-order valence-corrected chi connectivity index (χ1v) is 15.2. The van der Waals surface area contributed by atoms with Crippen molar-refractivity contribution in [1.29, 1.82) is 0 Å². The van der Waals surface area contributed by atoms with Crippen LogP contribution in [-0.2, 0) is 34.0 Å². The van der Waals surface area contributed by atoms with E-state index in [1.165, 1.54) is 19.2 Å². The smallest absolute Gasteiger partial charge is 0.337 e. The van der Waals surface area contributed by atoms with Crippen LogP contribution in [0.4, 0.5) is 14.5 Å². The van der Waals surface area contributed by atoms with Gasteiger partial charge in [0.25, 0.3) is 6.01 Å². The number of benzene rings is 3. The Morgan fingerprint density at radius 1 is 1.13 bits per heavy atom. The van der Waals surface area contributed by atoms with Crippen molar-refractivity contribution in [3.05, 3.63) is 88.4 Å². The van der Waals surface area contributed by atoms with Gasteiger partial charge in [0.2, 0.25) is 5.91 Å². The molecular weight excluding hydrogens is 622 g/mol. The predicted octanol–water partition coefficient (Wildman–Crippen LogP) is 5.72.